The lowest BCUT2D eigenvalue weighted by Gasteiger charge is -2.15. The summed E-state index contributed by atoms with van der Waals surface area (Å²) < 4.78 is 33.2. The van der Waals surface area contributed by atoms with Crippen LogP contribution in [0.1, 0.15) is 34.0 Å². The van der Waals surface area contributed by atoms with Crippen LogP contribution in [0.2, 0.25) is 0 Å². The minimum absolute atomic E-state index is 0.0693. The van der Waals surface area contributed by atoms with Gasteiger partial charge >= 0.3 is 0 Å². The second-order valence-corrected chi connectivity index (χ2v) is 7.01. The first-order valence-electron chi connectivity index (χ1n) is 9.67. The van der Waals surface area contributed by atoms with E-state index in [4.69, 9.17) is 15.9 Å². The number of hydrogen-bond donors (Lipinski definition) is 3. The molecule has 0 aliphatic rings. The molecule has 0 fully saturated rings. The number of methoxy groups -OCH3 is 1. The number of halogens is 2. The van der Waals surface area contributed by atoms with E-state index >= 15 is 0 Å². The summed E-state index contributed by atoms with van der Waals surface area (Å²) in [6.07, 6.45) is 0. The third-order valence-electron chi connectivity index (χ3n) is 5.01. The number of nitrogens with one attached hydrogen (secondary N) is 2. The topological polar surface area (TPSA) is 88.2 Å². The van der Waals surface area contributed by atoms with Crippen LogP contribution in [0.3, 0.4) is 0 Å². The molecular formula is C24H23F2N3O2. The third-order valence-corrected chi connectivity index (χ3v) is 5.01. The standard InChI is InChI=1S/C24H23F2N3O2/c1-4-29-24(30)15-9-19(13(2)20(26)10-15)14-5-7-17(21(27)11-14)23(28)18-8-6-16(25)12-22(18)31-3/h5-12,28H,4,27H2,1-3H3,(H,29,30). The number of hydrogen-bond acceptors (Lipinski definition) is 4. The van der Waals surface area contributed by atoms with Gasteiger partial charge in [-0.3, -0.25) is 10.2 Å². The summed E-state index contributed by atoms with van der Waals surface area (Å²) in [5, 5.41) is 11.2. The van der Waals surface area contributed by atoms with Crippen LogP contribution >= 0.6 is 0 Å². The summed E-state index contributed by atoms with van der Waals surface area (Å²) in [4.78, 5) is 12.2. The summed E-state index contributed by atoms with van der Waals surface area (Å²) in [7, 11) is 1.40. The van der Waals surface area contributed by atoms with Crippen molar-refractivity contribution in [2.24, 2.45) is 0 Å². The lowest BCUT2D eigenvalue weighted by atomic mass is 9.93. The Bertz CT molecular complexity index is 1180. The van der Waals surface area contributed by atoms with Gasteiger partial charge in [-0.1, -0.05) is 12.1 Å². The monoisotopic (exact) mass is 423 g/mol. The molecule has 0 radical (unpaired) electrons. The molecule has 7 heteroatoms. The number of carbonyl (C=O) groups is 1. The van der Waals surface area contributed by atoms with Crippen LogP contribution in [0.15, 0.2) is 48.5 Å². The summed E-state index contributed by atoms with van der Waals surface area (Å²) >= 11 is 0. The molecule has 4 N–H and O–H groups in total. The molecule has 3 rings (SSSR count). The molecule has 0 bridgehead atoms. The second-order valence-electron chi connectivity index (χ2n) is 7.01. The van der Waals surface area contributed by atoms with Crippen LogP contribution in [0.5, 0.6) is 5.75 Å². The molecule has 0 heterocycles. The van der Waals surface area contributed by atoms with E-state index < -0.39 is 11.6 Å². The van der Waals surface area contributed by atoms with Crippen LogP contribution in [-0.2, 0) is 0 Å². The van der Waals surface area contributed by atoms with E-state index in [1.807, 2.05) is 0 Å². The highest BCUT2D eigenvalue weighted by atomic mass is 19.1. The fraction of sp³-hybridized carbons (Fsp3) is 0.167. The van der Waals surface area contributed by atoms with E-state index in [1.54, 1.807) is 38.1 Å². The Morgan fingerprint density at radius 2 is 1.81 bits per heavy atom. The van der Waals surface area contributed by atoms with Crippen LogP contribution in [0.25, 0.3) is 11.1 Å². The van der Waals surface area contributed by atoms with E-state index in [1.165, 1.54) is 31.4 Å². The summed E-state index contributed by atoms with van der Waals surface area (Å²) in [5.41, 5.74) is 9.14. The van der Waals surface area contributed by atoms with Gasteiger partial charge < -0.3 is 15.8 Å². The van der Waals surface area contributed by atoms with Crippen LogP contribution in [0, 0.1) is 24.0 Å². The van der Waals surface area contributed by atoms with Crippen molar-refractivity contribution in [1.29, 1.82) is 5.41 Å². The third kappa shape index (κ3) is 4.40. The van der Waals surface area contributed by atoms with Crippen molar-refractivity contribution in [3.05, 3.63) is 82.4 Å². The molecular weight excluding hydrogens is 400 g/mol. The number of anilines is 1. The highest BCUT2D eigenvalue weighted by molar-refractivity contribution is 6.15. The number of nitrogen functional groups attached to an aromatic ring is 1. The zero-order valence-electron chi connectivity index (χ0n) is 17.5. The van der Waals surface area contributed by atoms with Crippen LogP contribution < -0.4 is 15.8 Å². The van der Waals surface area contributed by atoms with E-state index in [-0.39, 0.29) is 28.6 Å². The van der Waals surface area contributed by atoms with Gasteiger partial charge in [0.25, 0.3) is 5.91 Å². The summed E-state index contributed by atoms with van der Waals surface area (Å²) in [6.45, 7) is 3.84. The van der Waals surface area contributed by atoms with Crippen molar-refractivity contribution in [2.75, 3.05) is 19.4 Å². The molecule has 0 aliphatic heterocycles. The maximum atomic E-state index is 14.5. The Kier molecular flexibility index (Phi) is 6.34. The zero-order chi connectivity index (χ0) is 22.7. The number of carbonyl (C=O) groups excluding carboxylic acids is 1. The van der Waals surface area contributed by atoms with Crippen molar-refractivity contribution < 1.29 is 18.3 Å². The number of nitrogens with two attached hydrogens (primary N) is 1. The first kappa shape index (κ1) is 22.0. The molecule has 0 aliphatic carbocycles. The lowest BCUT2D eigenvalue weighted by molar-refractivity contribution is 0.0955. The number of rotatable bonds is 6. The van der Waals surface area contributed by atoms with Gasteiger partial charge in [-0.05, 0) is 60.9 Å². The molecule has 0 atom stereocenters. The van der Waals surface area contributed by atoms with Crippen molar-refractivity contribution in [2.45, 2.75) is 13.8 Å². The number of benzene rings is 3. The van der Waals surface area contributed by atoms with Gasteiger partial charge in [-0.15, -0.1) is 0 Å². The molecule has 0 aromatic heterocycles. The first-order chi connectivity index (χ1) is 14.8. The van der Waals surface area contributed by atoms with Gasteiger partial charge in [0.1, 0.15) is 17.4 Å². The van der Waals surface area contributed by atoms with Gasteiger partial charge in [-0.25, -0.2) is 8.78 Å². The minimum atomic E-state index is -0.495. The maximum Gasteiger partial charge on any atom is 0.251 e. The number of ether oxygens (including phenoxy) is 1. The summed E-state index contributed by atoms with van der Waals surface area (Å²) in [6, 6.07) is 11.7. The van der Waals surface area contributed by atoms with E-state index in [0.717, 1.165) is 0 Å². The molecule has 31 heavy (non-hydrogen) atoms. The quantitative estimate of drug-likeness (QED) is 0.397. The minimum Gasteiger partial charge on any atom is -0.496 e. The molecule has 5 nitrogen and oxygen atoms in total. The highest BCUT2D eigenvalue weighted by Crippen LogP contribution is 2.31. The first-order valence-corrected chi connectivity index (χ1v) is 9.67. The molecule has 0 saturated carbocycles. The average Bonchev–Trinajstić information content (AvgIpc) is 2.75. The normalized spacial score (nSPS) is 10.6. The van der Waals surface area contributed by atoms with E-state index in [0.29, 0.717) is 34.4 Å². The van der Waals surface area contributed by atoms with Crippen molar-refractivity contribution in [1.82, 2.24) is 5.32 Å². The Labute approximate surface area is 179 Å². The zero-order valence-corrected chi connectivity index (χ0v) is 17.5. The Morgan fingerprint density at radius 1 is 1.10 bits per heavy atom. The predicted octanol–water partition coefficient (Wildman–Crippen LogP) is 4.70. The fourth-order valence-corrected chi connectivity index (χ4v) is 3.35. The molecule has 160 valence electrons. The molecule has 0 spiro atoms. The van der Waals surface area contributed by atoms with Crippen molar-refractivity contribution >= 4 is 17.3 Å². The van der Waals surface area contributed by atoms with E-state index in [9.17, 15) is 13.6 Å². The predicted molar refractivity (Wildman–Crippen MR) is 118 cm³/mol. The Morgan fingerprint density at radius 3 is 2.45 bits per heavy atom. The van der Waals surface area contributed by atoms with Crippen LogP contribution in [-0.4, -0.2) is 25.3 Å². The molecule has 0 saturated heterocycles. The largest absolute Gasteiger partial charge is 0.496 e. The van der Waals surface area contributed by atoms with Crippen molar-refractivity contribution in [3.63, 3.8) is 0 Å². The van der Waals surface area contributed by atoms with Crippen LogP contribution in [0.4, 0.5) is 14.5 Å². The Hall–Kier alpha value is -3.74. The smallest absolute Gasteiger partial charge is 0.251 e. The highest BCUT2D eigenvalue weighted by Gasteiger charge is 2.17. The van der Waals surface area contributed by atoms with Gasteiger partial charge in [0.2, 0.25) is 0 Å². The lowest BCUT2D eigenvalue weighted by Crippen LogP contribution is -2.23. The van der Waals surface area contributed by atoms with Gasteiger partial charge in [-0.2, -0.15) is 0 Å². The van der Waals surface area contributed by atoms with Gasteiger partial charge in [0, 0.05) is 35.0 Å². The molecule has 1 amide bonds. The number of amides is 1. The van der Waals surface area contributed by atoms with E-state index in [2.05, 4.69) is 5.32 Å². The van der Waals surface area contributed by atoms with Gasteiger partial charge in [0.15, 0.2) is 0 Å². The maximum absolute atomic E-state index is 14.5. The Balaban J connectivity index is 2.04. The molecule has 3 aromatic rings. The van der Waals surface area contributed by atoms with Gasteiger partial charge in [0.05, 0.1) is 12.8 Å². The average molecular weight is 423 g/mol. The second kappa shape index (κ2) is 8.95. The van der Waals surface area contributed by atoms with Crippen molar-refractivity contribution in [3.8, 4) is 16.9 Å². The summed E-state index contributed by atoms with van der Waals surface area (Å²) in [5.74, 6) is -1.11. The molecule has 0 unspecified atom stereocenters. The fourth-order valence-electron chi connectivity index (χ4n) is 3.35. The molecule has 3 aromatic carbocycles. The SMILES string of the molecule is CCNC(=O)c1cc(F)c(C)c(-c2ccc(C(=N)c3ccc(F)cc3OC)c(N)c2)c1.